The van der Waals surface area contributed by atoms with Crippen molar-refractivity contribution in [1.29, 1.82) is 0 Å². The predicted molar refractivity (Wildman–Crippen MR) is 96.8 cm³/mol. The second-order valence-electron chi connectivity index (χ2n) is 8.07. The lowest BCUT2D eigenvalue weighted by molar-refractivity contribution is -0.0965. The highest BCUT2D eigenvalue weighted by Gasteiger charge is 2.49. The van der Waals surface area contributed by atoms with Crippen LogP contribution in [-0.4, -0.2) is 33.8 Å². The van der Waals surface area contributed by atoms with E-state index in [1.165, 1.54) is 0 Å². The fourth-order valence-corrected chi connectivity index (χ4v) is 4.30. The first-order valence-corrected chi connectivity index (χ1v) is 9.47. The number of nitrogens with zero attached hydrogens (tertiary/aromatic N) is 1. The molecule has 2 unspecified atom stereocenters. The molecule has 2 bridgehead atoms. The van der Waals surface area contributed by atoms with Crippen LogP contribution in [0.1, 0.15) is 58.4 Å². The molecule has 2 saturated heterocycles. The summed E-state index contributed by atoms with van der Waals surface area (Å²) in [5, 5.41) is 11.3. The Morgan fingerprint density at radius 3 is 2.25 bits per heavy atom. The summed E-state index contributed by atoms with van der Waals surface area (Å²) in [5.74, 6) is 0. The Balaban J connectivity index is 1.82. The Labute approximate surface area is 152 Å². The Morgan fingerprint density at radius 1 is 1.21 bits per heavy atom. The molecule has 0 radical (unpaired) electrons. The molecule has 0 aliphatic carbocycles. The average molecular weight is 396 g/mol. The van der Waals surface area contributed by atoms with E-state index in [-0.39, 0.29) is 18.2 Å². The lowest BCUT2D eigenvalue weighted by Gasteiger charge is -2.51. The number of hydrogen-bond donors (Lipinski definition) is 1. The number of fused-ring (bicyclic) bond motifs is 2. The first kappa shape index (κ1) is 17.7. The topological polar surface area (TPSA) is 49.8 Å². The summed E-state index contributed by atoms with van der Waals surface area (Å²) in [6.45, 7) is 5.67. The molecule has 2 heterocycles. The molecule has 5 heteroatoms. The van der Waals surface area contributed by atoms with Crippen LogP contribution in [0.15, 0.2) is 28.7 Å². The number of rotatable bonds is 1. The molecule has 0 spiro atoms. The summed E-state index contributed by atoms with van der Waals surface area (Å²) in [6.07, 6.45) is 3.86. The van der Waals surface area contributed by atoms with E-state index in [2.05, 4.69) is 15.9 Å². The molecule has 1 aromatic rings. The van der Waals surface area contributed by atoms with Crippen molar-refractivity contribution < 1.29 is 14.6 Å². The third-order valence-corrected chi connectivity index (χ3v) is 5.52. The molecule has 2 aliphatic heterocycles. The fourth-order valence-electron chi connectivity index (χ4n) is 4.04. The molecule has 24 heavy (non-hydrogen) atoms. The number of benzene rings is 1. The lowest BCUT2D eigenvalue weighted by atomic mass is 9.73. The van der Waals surface area contributed by atoms with Gasteiger partial charge in [0.1, 0.15) is 5.60 Å². The summed E-state index contributed by atoms with van der Waals surface area (Å²) < 4.78 is 6.60. The molecule has 1 amide bonds. The van der Waals surface area contributed by atoms with E-state index < -0.39 is 11.2 Å². The first-order valence-electron chi connectivity index (χ1n) is 8.68. The molecule has 1 N–H and O–H groups in total. The maximum atomic E-state index is 12.6. The van der Waals surface area contributed by atoms with Crippen molar-refractivity contribution >= 4 is 22.0 Å². The molecule has 1 aromatic carbocycles. The van der Waals surface area contributed by atoms with Gasteiger partial charge in [-0.1, -0.05) is 28.1 Å². The van der Waals surface area contributed by atoms with Crippen molar-refractivity contribution in [2.75, 3.05) is 0 Å². The van der Waals surface area contributed by atoms with E-state index in [0.717, 1.165) is 29.3 Å². The van der Waals surface area contributed by atoms with Gasteiger partial charge >= 0.3 is 6.09 Å². The largest absolute Gasteiger partial charge is 0.444 e. The quantitative estimate of drug-likeness (QED) is 0.756. The molecule has 2 fully saturated rings. The van der Waals surface area contributed by atoms with E-state index in [9.17, 15) is 9.90 Å². The number of carbonyl (C=O) groups excluding carboxylic acids is 1. The van der Waals surface area contributed by atoms with Crippen molar-refractivity contribution in [2.24, 2.45) is 0 Å². The minimum Gasteiger partial charge on any atom is -0.444 e. The maximum absolute atomic E-state index is 12.6. The zero-order chi connectivity index (χ0) is 17.5. The van der Waals surface area contributed by atoms with Crippen LogP contribution in [0.2, 0.25) is 0 Å². The Kier molecular flexibility index (Phi) is 4.69. The van der Waals surface area contributed by atoms with E-state index in [0.29, 0.717) is 12.8 Å². The minimum absolute atomic E-state index is 0.0426. The van der Waals surface area contributed by atoms with E-state index >= 15 is 0 Å². The highest BCUT2D eigenvalue weighted by atomic mass is 79.9. The normalized spacial score (nSPS) is 30.1. The molecular formula is C19H26BrNO3. The zero-order valence-electron chi connectivity index (χ0n) is 14.6. The molecule has 3 rings (SSSR count). The van der Waals surface area contributed by atoms with Crippen molar-refractivity contribution in [3.8, 4) is 0 Å². The van der Waals surface area contributed by atoms with Gasteiger partial charge in [0.25, 0.3) is 0 Å². The van der Waals surface area contributed by atoms with Crippen LogP contribution in [0.5, 0.6) is 0 Å². The van der Waals surface area contributed by atoms with Crippen molar-refractivity contribution in [1.82, 2.24) is 4.90 Å². The number of halogens is 1. The van der Waals surface area contributed by atoms with Crippen LogP contribution in [-0.2, 0) is 10.3 Å². The van der Waals surface area contributed by atoms with E-state index in [1.807, 2.05) is 49.9 Å². The molecule has 2 atom stereocenters. The Morgan fingerprint density at radius 2 is 1.75 bits per heavy atom. The number of hydrogen-bond acceptors (Lipinski definition) is 3. The van der Waals surface area contributed by atoms with Gasteiger partial charge < -0.3 is 14.7 Å². The summed E-state index contributed by atoms with van der Waals surface area (Å²) >= 11 is 3.44. The molecule has 4 nitrogen and oxygen atoms in total. The second-order valence-corrected chi connectivity index (χ2v) is 8.99. The zero-order valence-corrected chi connectivity index (χ0v) is 16.2. The summed E-state index contributed by atoms with van der Waals surface area (Å²) in [7, 11) is 0. The highest BCUT2D eigenvalue weighted by molar-refractivity contribution is 9.10. The summed E-state index contributed by atoms with van der Waals surface area (Å²) in [4.78, 5) is 14.5. The lowest BCUT2D eigenvalue weighted by Crippen LogP contribution is -2.59. The highest BCUT2D eigenvalue weighted by Crippen LogP contribution is 2.44. The number of amides is 1. The third kappa shape index (κ3) is 3.62. The number of piperidine rings is 2. The predicted octanol–water partition coefficient (Wildman–Crippen LogP) is 4.59. The molecule has 0 saturated carbocycles. The summed E-state index contributed by atoms with van der Waals surface area (Å²) in [5.41, 5.74) is -0.425. The fraction of sp³-hybridized carbons (Fsp3) is 0.632. The van der Waals surface area contributed by atoms with Crippen LogP contribution >= 0.6 is 15.9 Å². The van der Waals surface area contributed by atoms with Crippen LogP contribution in [0.3, 0.4) is 0 Å². The van der Waals surface area contributed by atoms with Crippen LogP contribution in [0, 0.1) is 0 Å². The van der Waals surface area contributed by atoms with Gasteiger partial charge in [0.2, 0.25) is 0 Å². The van der Waals surface area contributed by atoms with Crippen molar-refractivity contribution in [3.63, 3.8) is 0 Å². The monoisotopic (exact) mass is 395 g/mol. The van der Waals surface area contributed by atoms with Gasteiger partial charge in [0.05, 0.1) is 5.60 Å². The van der Waals surface area contributed by atoms with Gasteiger partial charge in [0.15, 0.2) is 0 Å². The Bertz CT molecular complexity index is 594. The van der Waals surface area contributed by atoms with E-state index in [1.54, 1.807) is 0 Å². The van der Waals surface area contributed by atoms with Gasteiger partial charge in [-0.3, -0.25) is 0 Å². The third-order valence-electron chi connectivity index (χ3n) is 4.99. The Hall–Kier alpha value is -1.07. The van der Waals surface area contributed by atoms with Gasteiger partial charge in [-0.15, -0.1) is 0 Å². The number of carbonyl (C=O) groups is 1. The molecule has 0 aromatic heterocycles. The number of aliphatic hydroxyl groups is 1. The first-order chi connectivity index (χ1) is 11.2. The van der Waals surface area contributed by atoms with Gasteiger partial charge in [0, 0.05) is 29.4 Å². The minimum atomic E-state index is -0.866. The smallest absolute Gasteiger partial charge is 0.410 e. The van der Waals surface area contributed by atoms with Crippen molar-refractivity contribution in [3.05, 3.63) is 34.3 Å². The SMILES string of the molecule is CC(C)(C)OC(=O)N1C2CCCC1CC(O)(c1ccc(Br)cc1)C2. The van der Waals surface area contributed by atoms with Gasteiger partial charge in [-0.25, -0.2) is 4.79 Å². The molecular weight excluding hydrogens is 370 g/mol. The van der Waals surface area contributed by atoms with Crippen LogP contribution in [0.25, 0.3) is 0 Å². The van der Waals surface area contributed by atoms with Crippen molar-refractivity contribution in [2.45, 2.75) is 76.2 Å². The van der Waals surface area contributed by atoms with Crippen LogP contribution < -0.4 is 0 Å². The summed E-state index contributed by atoms with van der Waals surface area (Å²) in [6, 6.07) is 7.96. The number of ether oxygens (including phenoxy) is 1. The second kappa shape index (κ2) is 6.34. The standard InChI is InChI=1S/C19H26BrNO3/c1-18(2,3)24-17(22)21-15-5-4-6-16(21)12-19(23,11-15)13-7-9-14(20)10-8-13/h7-10,15-16,23H,4-6,11-12H2,1-3H3. The van der Waals surface area contributed by atoms with Crippen LogP contribution in [0.4, 0.5) is 4.79 Å². The molecule has 132 valence electrons. The average Bonchev–Trinajstić information content (AvgIpc) is 2.44. The molecule has 2 aliphatic rings. The van der Waals surface area contributed by atoms with Gasteiger partial charge in [-0.05, 0) is 57.7 Å². The maximum Gasteiger partial charge on any atom is 0.410 e. The van der Waals surface area contributed by atoms with Gasteiger partial charge in [-0.2, -0.15) is 0 Å². The van der Waals surface area contributed by atoms with E-state index in [4.69, 9.17) is 4.74 Å².